The molecule has 0 spiro atoms. The van der Waals surface area contributed by atoms with Gasteiger partial charge in [0.15, 0.2) is 0 Å². The minimum atomic E-state index is -0.0123. The molecule has 2 aliphatic rings. The highest BCUT2D eigenvalue weighted by Gasteiger charge is 2.41. The first kappa shape index (κ1) is 16.3. The summed E-state index contributed by atoms with van der Waals surface area (Å²) in [5.74, 6) is 0. The minimum Gasteiger partial charge on any atom is -0.394 e. The van der Waals surface area contributed by atoms with Crippen LogP contribution in [0.1, 0.15) is 65.7 Å². The second-order valence-electron chi connectivity index (χ2n) is 7.93. The van der Waals surface area contributed by atoms with Crippen molar-refractivity contribution >= 4 is 0 Å². The van der Waals surface area contributed by atoms with Crippen LogP contribution in [0.2, 0.25) is 0 Å². The van der Waals surface area contributed by atoms with Gasteiger partial charge in [-0.3, -0.25) is 0 Å². The summed E-state index contributed by atoms with van der Waals surface area (Å²) >= 11 is 0. The summed E-state index contributed by atoms with van der Waals surface area (Å²) in [6, 6.07) is 1.40. The maximum absolute atomic E-state index is 9.75. The van der Waals surface area contributed by atoms with Gasteiger partial charge in [-0.25, -0.2) is 0 Å². The summed E-state index contributed by atoms with van der Waals surface area (Å²) in [5, 5.41) is 13.3. The Morgan fingerprint density at radius 2 is 1.70 bits per heavy atom. The smallest absolute Gasteiger partial charge is 0.0613 e. The van der Waals surface area contributed by atoms with Crippen molar-refractivity contribution < 1.29 is 5.11 Å². The van der Waals surface area contributed by atoms with Crippen LogP contribution in [-0.4, -0.2) is 47.8 Å². The molecule has 0 aliphatic heterocycles. The lowest BCUT2D eigenvalue weighted by Crippen LogP contribution is -2.49. The standard InChI is InChI=1S/C17H34N2O/c1-5-18-17(13-20)11-8-15(12-17)19(4)14-6-9-16(2,3)10-7-14/h14-15,18,20H,5-13H2,1-4H3. The zero-order valence-electron chi connectivity index (χ0n) is 13.9. The number of aliphatic hydroxyl groups is 1. The Labute approximate surface area is 125 Å². The number of nitrogens with one attached hydrogen (secondary N) is 1. The summed E-state index contributed by atoms with van der Waals surface area (Å²) < 4.78 is 0. The largest absolute Gasteiger partial charge is 0.394 e. The molecule has 0 aromatic rings. The summed E-state index contributed by atoms with van der Waals surface area (Å²) in [6.07, 6.45) is 8.84. The van der Waals surface area contributed by atoms with Gasteiger partial charge in [0.2, 0.25) is 0 Å². The molecule has 2 N–H and O–H groups in total. The van der Waals surface area contributed by atoms with Crippen LogP contribution in [0.3, 0.4) is 0 Å². The van der Waals surface area contributed by atoms with Gasteiger partial charge in [-0.1, -0.05) is 20.8 Å². The molecule has 0 heterocycles. The maximum atomic E-state index is 9.75. The first-order valence-corrected chi connectivity index (χ1v) is 8.49. The number of rotatable bonds is 5. The molecule has 20 heavy (non-hydrogen) atoms. The third-order valence-electron chi connectivity index (χ3n) is 5.90. The molecule has 2 aliphatic carbocycles. The Kier molecular flexibility index (Phi) is 5.14. The molecule has 2 atom stereocenters. The molecule has 0 radical (unpaired) electrons. The van der Waals surface area contributed by atoms with Gasteiger partial charge < -0.3 is 15.3 Å². The van der Waals surface area contributed by atoms with E-state index in [2.05, 4.69) is 38.0 Å². The highest BCUT2D eigenvalue weighted by Crippen LogP contribution is 2.39. The van der Waals surface area contributed by atoms with Crippen LogP contribution < -0.4 is 5.32 Å². The lowest BCUT2D eigenvalue weighted by Gasteiger charge is -2.41. The van der Waals surface area contributed by atoms with Crippen LogP contribution >= 0.6 is 0 Å². The molecule has 3 nitrogen and oxygen atoms in total. The topological polar surface area (TPSA) is 35.5 Å². The fourth-order valence-electron chi connectivity index (χ4n) is 4.27. The molecule has 2 unspecified atom stereocenters. The first-order chi connectivity index (χ1) is 9.41. The van der Waals surface area contributed by atoms with Gasteiger partial charge in [-0.15, -0.1) is 0 Å². The molecular formula is C17H34N2O. The Balaban J connectivity index is 1.89. The van der Waals surface area contributed by atoms with Gasteiger partial charge in [-0.05, 0) is 64.0 Å². The van der Waals surface area contributed by atoms with Crippen molar-refractivity contribution in [2.24, 2.45) is 5.41 Å². The summed E-state index contributed by atoms with van der Waals surface area (Å²) in [5.41, 5.74) is 0.535. The van der Waals surface area contributed by atoms with Gasteiger partial charge >= 0.3 is 0 Å². The maximum Gasteiger partial charge on any atom is 0.0613 e. The minimum absolute atomic E-state index is 0.0123. The highest BCUT2D eigenvalue weighted by molar-refractivity contribution is 5.00. The molecule has 0 bridgehead atoms. The van der Waals surface area contributed by atoms with Gasteiger partial charge in [0.1, 0.15) is 0 Å². The number of likely N-dealkylation sites (N-methyl/N-ethyl adjacent to an activating group) is 1. The summed E-state index contributed by atoms with van der Waals surface area (Å²) in [6.45, 7) is 8.18. The van der Waals surface area contributed by atoms with Gasteiger partial charge in [0.05, 0.1) is 6.61 Å². The van der Waals surface area contributed by atoms with Crippen molar-refractivity contribution in [2.45, 2.75) is 83.3 Å². The molecule has 0 amide bonds. The van der Waals surface area contributed by atoms with Crippen molar-refractivity contribution in [1.29, 1.82) is 0 Å². The van der Waals surface area contributed by atoms with Gasteiger partial charge in [-0.2, -0.15) is 0 Å². The van der Waals surface area contributed by atoms with Crippen LogP contribution in [0.25, 0.3) is 0 Å². The normalized spacial score (nSPS) is 34.8. The van der Waals surface area contributed by atoms with Crippen LogP contribution in [0, 0.1) is 5.41 Å². The van der Waals surface area contributed by atoms with E-state index in [0.717, 1.165) is 25.4 Å². The Bertz CT molecular complexity index is 308. The molecule has 0 saturated heterocycles. The summed E-state index contributed by atoms with van der Waals surface area (Å²) in [4.78, 5) is 2.63. The average Bonchev–Trinajstić information content (AvgIpc) is 2.83. The van der Waals surface area contributed by atoms with Crippen molar-refractivity contribution in [3.8, 4) is 0 Å². The van der Waals surface area contributed by atoms with Crippen molar-refractivity contribution in [3.63, 3.8) is 0 Å². The molecule has 2 saturated carbocycles. The van der Waals surface area contributed by atoms with E-state index in [1.807, 2.05) is 0 Å². The van der Waals surface area contributed by atoms with Gasteiger partial charge in [0, 0.05) is 17.6 Å². The van der Waals surface area contributed by atoms with Crippen molar-refractivity contribution in [2.75, 3.05) is 20.2 Å². The van der Waals surface area contributed by atoms with E-state index in [1.165, 1.54) is 32.1 Å². The predicted octanol–water partition coefficient (Wildman–Crippen LogP) is 2.78. The molecule has 2 rings (SSSR count). The highest BCUT2D eigenvalue weighted by atomic mass is 16.3. The monoisotopic (exact) mass is 282 g/mol. The molecular weight excluding hydrogens is 248 g/mol. The SMILES string of the molecule is CCNC1(CO)CCC(N(C)C2CCC(C)(C)CC2)C1. The fourth-order valence-corrected chi connectivity index (χ4v) is 4.27. The van der Waals surface area contributed by atoms with E-state index < -0.39 is 0 Å². The number of hydrogen-bond donors (Lipinski definition) is 2. The molecule has 0 aromatic heterocycles. The zero-order chi connectivity index (χ0) is 14.8. The van der Waals surface area contributed by atoms with Crippen LogP contribution in [0.5, 0.6) is 0 Å². The van der Waals surface area contributed by atoms with E-state index in [0.29, 0.717) is 11.5 Å². The van der Waals surface area contributed by atoms with Crippen LogP contribution in [-0.2, 0) is 0 Å². The molecule has 2 fully saturated rings. The van der Waals surface area contributed by atoms with E-state index >= 15 is 0 Å². The van der Waals surface area contributed by atoms with Crippen molar-refractivity contribution in [3.05, 3.63) is 0 Å². The van der Waals surface area contributed by atoms with Gasteiger partial charge in [0.25, 0.3) is 0 Å². The Hall–Kier alpha value is -0.120. The predicted molar refractivity (Wildman–Crippen MR) is 84.9 cm³/mol. The number of hydrogen-bond acceptors (Lipinski definition) is 3. The van der Waals surface area contributed by atoms with Crippen LogP contribution in [0.15, 0.2) is 0 Å². The van der Waals surface area contributed by atoms with E-state index in [1.54, 1.807) is 0 Å². The van der Waals surface area contributed by atoms with Crippen LogP contribution in [0.4, 0.5) is 0 Å². The number of nitrogens with zero attached hydrogens (tertiary/aromatic N) is 1. The lowest BCUT2D eigenvalue weighted by molar-refractivity contribution is 0.0873. The second kappa shape index (κ2) is 6.33. The van der Waals surface area contributed by atoms with E-state index in [4.69, 9.17) is 0 Å². The average molecular weight is 282 g/mol. The first-order valence-electron chi connectivity index (χ1n) is 8.49. The van der Waals surface area contributed by atoms with Crippen molar-refractivity contribution in [1.82, 2.24) is 10.2 Å². The molecule has 3 heteroatoms. The molecule has 118 valence electrons. The Morgan fingerprint density at radius 3 is 2.25 bits per heavy atom. The zero-order valence-corrected chi connectivity index (χ0v) is 13.9. The third kappa shape index (κ3) is 3.55. The Morgan fingerprint density at radius 1 is 1.10 bits per heavy atom. The van der Waals surface area contributed by atoms with E-state index in [9.17, 15) is 5.11 Å². The fraction of sp³-hybridized carbons (Fsp3) is 1.00. The second-order valence-corrected chi connectivity index (χ2v) is 7.93. The number of aliphatic hydroxyl groups excluding tert-OH is 1. The van der Waals surface area contributed by atoms with E-state index in [-0.39, 0.29) is 12.1 Å². The quantitative estimate of drug-likeness (QED) is 0.814. The molecule has 0 aromatic carbocycles. The summed E-state index contributed by atoms with van der Waals surface area (Å²) in [7, 11) is 2.31. The lowest BCUT2D eigenvalue weighted by atomic mass is 9.75. The third-order valence-corrected chi connectivity index (χ3v) is 5.90.